The maximum Gasteiger partial charge on any atom is 0.137 e. The van der Waals surface area contributed by atoms with E-state index >= 15 is 0 Å². The second-order valence-electron chi connectivity index (χ2n) is 4.01. The molecule has 1 aromatic rings. The molecule has 0 aliphatic heterocycles. The van der Waals surface area contributed by atoms with E-state index < -0.39 is 6.10 Å². The predicted molar refractivity (Wildman–Crippen MR) is 66.0 cm³/mol. The van der Waals surface area contributed by atoms with Gasteiger partial charge in [0.25, 0.3) is 0 Å². The number of hydrogen-bond donors (Lipinski definition) is 2. The molecule has 3 atom stereocenters. The number of aliphatic hydroxyl groups excluding tert-OH is 1. The van der Waals surface area contributed by atoms with Gasteiger partial charge in [0.05, 0.1) is 6.10 Å². The van der Waals surface area contributed by atoms with Gasteiger partial charge in [-0.25, -0.2) is 4.39 Å². The van der Waals surface area contributed by atoms with Crippen molar-refractivity contribution in [2.24, 2.45) is 5.73 Å². The number of halogens is 1. The number of nitrogens with two attached hydrogens (primary N) is 1. The summed E-state index contributed by atoms with van der Waals surface area (Å²) in [5, 5.41) is 9.37. The molecule has 90 valence electrons. The summed E-state index contributed by atoms with van der Waals surface area (Å²) in [6, 6.07) is 4.69. The van der Waals surface area contributed by atoms with Gasteiger partial charge in [0.15, 0.2) is 0 Å². The summed E-state index contributed by atoms with van der Waals surface area (Å²) in [5.74, 6) is -0.271. The highest BCUT2D eigenvalue weighted by Crippen LogP contribution is 2.33. The smallest absolute Gasteiger partial charge is 0.137 e. The topological polar surface area (TPSA) is 46.2 Å². The van der Waals surface area contributed by atoms with Crippen LogP contribution in [0.1, 0.15) is 32.4 Å². The second-order valence-corrected chi connectivity index (χ2v) is 5.40. The zero-order valence-corrected chi connectivity index (χ0v) is 10.6. The van der Waals surface area contributed by atoms with Crippen LogP contribution in [0.4, 0.5) is 4.39 Å². The van der Waals surface area contributed by atoms with Crippen LogP contribution in [0.25, 0.3) is 0 Å². The first-order chi connectivity index (χ1) is 7.43. The van der Waals surface area contributed by atoms with Gasteiger partial charge in [-0.05, 0) is 25.5 Å². The van der Waals surface area contributed by atoms with E-state index in [-0.39, 0.29) is 17.1 Å². The SMILES string of the molecule is CC(O)C(C)Sc1c(F)cccc1[C@@H](C)N. The quantitative estimate of drug-likeness (QED) is 0.799. The van der Waals surface area contributed by atoms with Crippen LogP contribution in [0.15, 0.2) is 23.1 Å². The largest absolute Gasteiger partial charge is 0.392 e. The van der Waals surface area contributed by atoms with Crippen LogP contribution < -0.4 is 5.73 Å². The normalized spacial score (nSPS) is 16.9. The Hall–Kier alpha value is -0.580. The monoisotopic (exact) mass is 243 g/mol. The Labute approximate surface area is 100 Å². The van der Waals surface area contributed by atoms with E-state index in [2.05, 4.69) is 0 Å². The van der Waals surface area contributed by atoms with Crippen LogP contribution in [0.5, 0.6) is 0 Å². The highest BCUT2D eigenvalue weighted by Gasteiger charge is 2.17. The van der Waals surface area contributed by atoms with Crippen LogP contribution in [0.2, 0.25) is 0 Å². The zero-order valence-electron chi connectivity index (χ0n) is 9.77. The summed E-state index contributed by atoms with van der Waals surface area (Å²) in [4.78, 5) is 0.547. The van der Waals surface area contributed by atoms with Gasteiger partial charge in [0.1, 0.15) is 5.82 Å². The average molecular weight is 243 g/mol. The fourth-order valence-electron chi connectivity index (χ4n) is 1.29. The van der Waals surface area contributed by atoms with Crippen molar-refractivity contribution in [2.45, 2.75) is 43.1 Å². The van der Waals surface area contributed by atoms with Crippen LogP contribution >= 0.6 is 11.8 Å². The van der Waals surface area contributed by atoms with E-state index in [1.54, 1.807) is 13.0 Å². The molecule has 0 radical (unpaired) electrons. The minimum absolute atomic E-state index is 0.0607. The molecule has 16 heavy (non-hydrogen) atoms. The van der Waals surface area contributed by atoms with Gasteiger partial charge in [-0.15, -0.1) is 11.8 Å². The van der Waals surface area contributed by atoms with Crippen molar-refractivity contribution < 1.29 is 9.50 Å². The van der Waals surface area contributed by atoms with Crippen molar-refractivity contribution >= 4 is 11.8 Å². The zero-order chi connectivity index (χ0) is 12.3. The second kappa shape index (κ2) is 5.66. The van der Waals surface area contributed by atoms with Crippen molar-refractivity contribution in [2.75, 3.05) is 0 Å². The molecule has 2 nitrogen and oxygen atoms in total. The third-order valence-electron chi connectivity index (χ3n) is 2.47. The minimum Gasteiger partial charge on any atom is -0.392 e. The molecule has 0 saturated heterocycles. The number of rotatable bonds is 4. The highest BCUT2D eigenvalue weighted by molar-refractivity contribution is 8.00. The lowest BCUT2D eigenvalue weighted by Crippen LogP contribution is -2.16. The Morgan fingerprint density at radius 1 is 1.31 bits per heavy atom. The first-order valence-corrected chi connectivity index (χ1v) is 6.20. The van der Waals surface area contributed by atoms with E-state index in [1.807, 2.05) is 19.9 Å². The van der Waals surface area contributed by atoms with Crippen molar-refractivity contribution in [1.29, 1.82) is 0 Å². The van der Waals surface area contributed by atoms with Gasteiger partial charge in [-0.1, -0.05) is 19.1 Å². The highest BCUT2D eigenvalue weighted by atomic mass is 32.2. The fraction of sp³-hybridized carbons (Fsp3) is 0.500. The summed E-state index contributed by atoms with van der Waals surface area (Å²) >= 11 is 1.33. The van der Waals surface area contributed by atoms with Crippen molar-refractivity contribution in [3.05, 3.63) is 29.6 Å². The molecule has 3 N–H and O–H groups in total. The number of hydrogen-bond acceptors (Lipinski definition) is 3. The Morgan fingerprint density at radius 2 is 1.94 bits per heavy atom. The molecule has 1 aromatic carbocycles. The maximum atomic E-state index is 13.7. The average Bonchev–Trinajstić information content (AvgIpc) is 2.20. The van der Waals surface area contributed by atoms with Crippen LogP contribution in [0, 0.1) is 5.82 Å². The number of aliphatic hydroxyl groups is 1. The Kier molecular flexibility index (Phi) is 4.77. The van der Waals surface area contributed by atoms with E-state index in [0.717, 1.165) is 5.56 Å². The molecule has 0 saturated carbocycles. The standard InChI is InChI=1S/C12H18FNOS/c1-7(14)10-5-4-6-11(13)12(10)16-9(3)8(2)15/h4-9,15H,14H2,1-3H3/t7-,8?,9?/m1/s1. The number of thioether (sulfide) groups is 1. The Bertz CT molecular complexity index is 355. The van der Waals surface area contributed by atoms with E-state index in [4.69, 9.17) is 5.73 Å². The molecule has 1 rings (SSSR count). The summed E-state index contributed by atoms with van der Waals surface area (Å²) in [6.07, 6.45) is -0.481. The lowest BCUT2D eigenvalue weighted by atomic mass is 10.1. The Balaban J connectivity index is 3.01. The fourth-order valence-corrected chi connectivity index (χ4v) is 2.43. The summed E-state index contributed by atoms with van der Waals surface area (Å²) in [5.41, 5.74) is 6.58. The molecule has 0 spiro atoms. The summed E-state index contributed by atoms with van der Waals surface area (Å²) in [6.45, 7) is 5.39. The third kappa shape index (κ3) is 3.20. The summed E-state index contributed by atoms with van der Waals surface area (Å²) < 4.78 is 13.7. The molecule has 2 unspecified atom stereocenters. The molecule has 0 aliphatic rings. The summed E-state index contributed by atoms with van der Waals surface area (Å²) in [7, 11) is 0. The van der Waals surface area contributed by atoms with Gasteiger partial charge in [0, 0.05) is 16.2 Å². The molecule has 0 aliphatic carbocycles. The van der Waals surface area contributed by atoms with Crippen LogP contribution in [-0.2, 0) is 0 Å². The molecule has 0 bridgehead atoms. The van der Waals surface area contributed by atoms with Crippen LogP contribution in [-0.4, -0.2) is 16.5 Å². The minimum atomic E-state index is -0.481. The van der Waals surface area contributed by atoms with E-state index in [9.17, 15) is 9.50 Å². The molecule has 0 heterocycles. The first-order valence-electron chi connectivity index (χ1n) is 5.32. The number of benzene rings is 1. The van der Waals surface area contributed by atoms with E-state index in [0.29, 0.717) is 4.90 Å². The van der Waals surface area contributed by atoms with Crippen molar-refractivity contribution in [1.82, 2.24) is 0 Å². The van der Waals surface area contributed by atoms with Gasteiger partial charge in [-0.2, -0.15) is 0 Å². The van der Waals surface area contributed by atoms with Gasteiger partial charge < -0.3 is 10.8 Å². The van der Waals surface area contributed by atoms with E-state index in [1.165, 1.54) is 17.8 Å². The molecular formula is C12H18FNOS. The van der Waals surface area contributed by atoms with Crippen LogP contribution in [0.3, 0.4) is 0 Å². The van der Waals surface area contributed by atoms with Crippen molar-refractivity contribution in [3.63, 3.8) is 0 Å². The Morgan fingerprint density at radius 3 is 2.44 bits per heavy atom. The molecule has 4 heteroatoms. The van der Waals surface area contributed by atoms with Gasteiger partial charge in [-0.3, -0.25) is 0 Å². The van der Waals surface area contributed by atoms with Gasteiger partial charge >= 0.3 is 0 Å². The lowest BCUT2D eigenvalue weighted by Gasteiger charge is -2.18. The first kappa shape index (κ1) is 13.5. The molecular weight excluding hydrogens is 225 g/mol. The molecule has 0 amide bonds. The predicted octanol–water partition coefficient (Wildman–Crippen LogP) is 2.71. The maximum absolute atomic E-state index is 13.7. The molecule has 0 aromatic heterocycles. The lowest BCUT2D eigenvalue weighted by molar-refractivity contribution is 0.196. The molecule has 0 fully saturated rings. The third-order valence-corrected chi connectivity index (χ3v) is 3.90. The van der Waals surface area contributed by atoms with Gasteiger partial charge in [0.2, 0.25) is 0 Å². The van der Waals surface area contributed by atoms with Crippen molar-refractivity contribution in [3.8, 4) is 0 Å².